The van der Waals surface area contributed by atoms with E-state index in [2.05, 4.69) is 15.5 Å². The number of nitrogens with one attached hydrogen (secondary N) is 1. The highest BCUT2D eigenvalue weighted by atomic mass is 16.1. The van der Waals surface area contributed by atoms with Gasteiger partial charge in [-0.3, -0.25) is 14.4 Å². The first-order valence-electron chi connectivity index (χ1n) is 8.07. The second-order valence-electron chi connectivity index (χ2n) is 5.90. The van der Waals surface area contributed by atoms with E-state index >= 15 is 0 Å². The summed E-state index contributed by atoms with van der Waals surface area (Å²) in [6, 6.07) is 18.0. The van der Waals surface area contributed by atoms with Gasteiger partial charge in [-0.25, -0.2) is 0 Å². The summed E-state index contributed by atoms with van der Waals surface area (Å²) in [5.74, 6) is 1.19. The van der Waals surface area contributed by atoms with Gasteiger partial charge in [0.15, 0.2) is 12.0 Å². The molecule has 1 amide bonds. The maximum Gasteiger partial charge on any atom is 0.218 e. The molecule has 0 fully saturated rings. The number of benzene rings is 2. The lowest BCUT2D eigenvalue weighted by molar-refractivity contribution is -0.119. The summed E-state index contributed by atoms with van der Waals surface area (Å²) in [7, 11) is 0. The third-order valence-corrected chi connectivity index (χ3v) is 4.14. The normalized spacial score (nSPS) is 15.6. The fourth-order valence-electron chi connectivity index (χ4n) is 3.09. The number of carbonyl (C=O) groups is 1. The number of nitrogens with zero attached hydrogens (tertiary/aromatic N) is 4. The summed E-state index contributed by atoms with van der Waals surface area (Å²) >= 11 is 0. The van der Waals surface area contributed by atoms with Crippen LogP contribution in [0.1, 0.15) is 35.9 Å². The van der Waals surface area contributed by atoms with Gasteiger partial charge in [0, 0.05) is 18.1 Å². The van der Waals surface area contributed by atoms with Crippen LogP contribution in [0.2, 0.25) is 0 Å². The summed E-state index contributed by atoms with van der Waals surface area (Å²) < 4.78 is 1.95. The van der Waals surface area contributed by atoms with Gasteiger partial charge in [0.2, 0.25) is 5.91 Å². The predicted molar refractivity (Wildman–Crippen MR) is 94.7 cm³/mol. The van der Waals surface area contributed by atoms with Gasteiger partial charge >= 0.3 is 0 Å². The third kappa shape index (κ3) is 2.61. The Morgan fingerprint density at radius 2 is 1.76 bits per heavy atom. The number of carbonyl (C=O) groups excluding carboxylic acids is 1. The number of hydrogen-bond acceptors (Lipinski definition) is 4. The molecule has 0 saturated carbocycles. The number of aromatic nitrogens is 3. The molecule has 1 atom stereocenters. The molecular formula is C19H17N5O. The van der Waals surface area contributed by atoms with Crippen LogP contribution in [0.3, 0.4) is 0 Å². The van der Waals surface area contributed by atoms with Crippen molar-refractivity contribution in [1.82, 2.24) is 20.1 Å². The zero-order chi connectivity index (χ0) is 17.4. The lowest BCUT2D eigenvalue weighted by Crippen LogP contribution is -2.27. The predicted octanol–water partition coefficient (Wildman–Crippen LogP) is 2.56. The lowest BCUT2D eigenvalue weighted by Gasteiger charge is -2.13. The Labute approximate surface area is 145 Å². The average molecular weight is 331 g/mol. The fourth-order valence-corrected chi connectivity index (χ4v) is 3.09. The molecular weight excluding hydrogens is 314 g/mol. The van der Waals surface area contributed by atoms with Crippen LogP contribution in [0.5, 0.6) is 0 Å². The van der Waals surface area contributed by atoms with Gasteiger partial charge in [0.1, 0.15) is 5.82 Å². The van der Waals surface area contributed by atoms with E-state index in [9.17, 15) is 4.79 Å². The first-order valence-corrected chi connectivity index (χ1v) is 8.07. The minimum atomic E-state index is -0.596. The van der Waals surface area contributed by atoms with Crippen LogP contribution in [0.4, 0.5) is 0 Å². The van der Waals surface area contributed by atoms with Gasteiger partial charge < -0.3 is 5.32 Å². The third-order valence-electron chi connectivity index (χ3n) is 4.14. The Bertz CT molecular complexity index is 974. The van der Waals surface area contributed by atoms with Crippen molar-refractivity contribution in [3.8, 4) is 5.69 Å². The zero-order valence-electron chi connectivity index (χ0n) is 14.0. The number of fused-ring (bicyclic) bond motifs is 3. The van der Waals surface area contributed by atoms with Crippen molar-refractivity contribution in [2.24, 2.45) is 4.99 Å². The molecule has 1 aliphatic heterocycles. The van der Waals surface area contributed by atoms with Crippen LogP contribution in [-0.4, -0.2) is 26.4 Å². The van der Waals surface area contributed by atoms with Gasteiger partial charge in [-0.05, 0) is 13.0 Å². The van der Waals surface area contributed by atoms with Gasteiger partial charge in [0.25, 0.3) is 0 Å². The largest absolute Gasteiger partial charge is 0.328 e. The van der Waals surface area contributed by atoms with Crippen molar-refractivity contribution < 1.29 is 4.79 Å². The van der Waals surface area contributed by atoms with E-state index < -0.39 is 6.17 Å². The van der Waals surface area contributed by atoms with Crippen LogP contribution in [-0.2, 0) is 4.79 Å². The number of para-hydroxylation sites is 1. The molecule has 6 nitrogen and oxygen atoms in total. The molecule has 0 aliphatic carbocycles. The van der Waals surface area contributed by atoms with Crippen molar-refractivity contribution in [3.05, 3.63) is 77.4 Å². The molecule has 0 spiro atoms. The average Bonchev–Trinajstić information content (AvgIpc) is 2.94. The van der Waals surface area contributed by atoms with E-state index in [4.69, 9.17) is 4.99 Å². The van der Waals surface area contributed by atoms with Crippen LogP contribution in [0.25, 0.3) is 5.69 Å². The molecule has 124 valence electrons. The summed E-state index contributed by atoms with van der Waals surface area (Å²) in [5.41, 5.74) is 3.74. The van der Waals surface area contributed by atoms with Gasteiger partial charge in [-0.15, -0.1) is 10.2 Å². The summed E-state index contributed by atoms with van der Waals surface area (Å²) in [6.07, 6.45) is -0.596. The molecule has 2 aromatic carbocycles. The Kier molecular flexibility index (Phi) is 3.65. The Hall–Kier alpha value is -3.28. The Balaban J connectivity index is 2.01. The highest BCUT2D eigenvalue weighted by Crippen LogP contribution is 2.29. The van der Waals surface area contributed by atoms with E-state index in [-0.39, 0.29) is 5.91 Å². The first-order chi connectivity index (χ1) is 12.1. The summed E-state index contributed by atoms with van der Waals surface area (Å²) in [6.45, 7) is 3.37. The first kappa shape index (κ1) is 15.3. The second-order valence-corrected chi connectivity index (χ2v) is 5.90. The Morgan fingerprint density at radius 1 is 1.04 bits per heavy atom. The maximum atomic E-state index is 11.7. The summed E-state index contributed by atoms with van der Waals surface area (Å²) in [5, 5.41) is 11.3. The minimum Gasteiger partial charge on any atom is -0.328 e. The van der Waals surface area contributed by atoms with Gasteiger partial charge in [0.05, 0.1) is 11.4 Å². The van der Waals surface area contributed by atoms with E-state index in [1.165, 1.54) is 6.92 Å². The Morgan fingerprint density at radius 3 is 2.52 bits per heavy atom. The van der Waals surface area contributed by atoms with Crippen molar-refractivity contribution in [3.63, 3.8) is 0 Å². The standard InChI is InChI=1S/C19H17N5O/c1-12-22-23-19-18(20-13(2)25)21-17(14-8-4-3-5-9-14)15-10-6-7-11-16(15)24(12)19/h3-11,18H,1-2H3,(H,20,25). The van der Waals surface area contributed by atoms with Crippen molar-refractivity contribution in [2.75, 3.05) is 0 Å². The molecule has 0 bridgehead atoms. The van der Waals surface area contributed by atoms with E-state index in [1.54, 1.807) is 0 Å². The summed E-state index contributed by atoms with van der Waals surface area (Å²) in [4.78, 5) is 16.6. The van der Waals surface area contributed by atoms with E-state index in [0.29, 0.717) is 5.82 Å². The van der Waals surface area contributed by atoms with Gasteiger partial charge in [-0.1, -0.05) is 48.5 Å². The molecule has 6 heteroatoms. The molecule has 3 aromatic rings. The molecule has 25 heavy (non-hydrogen) atoms. The fraction of sp³-hybridized carbons (Fsp3) is 0.158. The quantitative estimate of drug-likeness (QED) is 0.784. The van der Waals surface area contributed by atoms with E-state index in [0.717, 1.165) is 28.4 Å². The molecule has 1 aromatic heterocycles. The number of aliphatic imine (C=N–C) groups is 1. The number of rotatable bonds is 2. The molecule has 1 unspecified atom stereocenters. The van der Waals surface area contributed by atoms with Crippen molar-refractivity contribution in [2.45, 2.75) is 20.0 Å². The van der Waals surface area contributed by atoms with Gasteiger partial charge in [-0.2, -0.15) is 0 Å². The zero-order valence-corrected chi connectivity index (χ0v) is 14.0. The van der Waals surface area contributed by atoms with Crippen LogP contribution >= 0.6 is 0 Å². The maximum absolute atomic E-state index is 11.7. The van der Waals surface area contributed by atoms with Crippen molar-refractivity contribution in [1.29, 1.82) is 0 Å². The molecule has 1 N–H and O–H groups in total. The highest BCUT2D eigenvalue weighted by Gasteiger charge is 2.28. The van der Waals surface area contributed by atoms with Crippen LogP contribution in [0, 0.1) is 6.92 Å². The number of hydrogen-bond donors (Lipinski definition) is 1. The smallest absolute Gasteiger partial charge is 0.218 e. The lowest BCUT2D eigenvalue weighted by atomic mass is 10.0. The van der Waals surface area contributed by atoms with Crippen LogP contribution in [0.15, 0.2) is 59.6 Å². The number of amides is 1. The van der Waals surface area contributed by atoms with E-state index in [1.807, 2.05) is 66.1 Å². The molecule has 1 aliphatic rings. The highest BCUT2D eigenvalue weighted by molar-refractivity contribution is 6.15. The van der Waals surface area contributed by atoms with Crippen molar-refractivity contribution >= 4 is 11.6 Å². The molecule has 4 rings (SSSR count). The SMILES string of the molecule is CC(=O)NC1N=C(c2ccccc2)c2ccccc2-n2c(C)nnc21. The topological polar surface area (TPSA) is 72.2 Å². The monoisotopic (exact) mass is 331 g/mol. The minimum absolute atomic E-state index is 0.167. The number of aryl methyl sites for hydroxylation is 1. The molecule has 0 saturated heterocycles. The molecule has 2 heterocycles. The second kappa shape index (κ2) is 5.98. The van der Waals surface area contributed by atoms with Crippen LogP contribution < -0.4 is 5.32 Å². The molecule has 0 radical (unpaired) electrons.